The van der Waals surface area contributed by atoms with E-state index in [1.54, 1.807) is 7.11 Å². The van der Waals surface area contributed by atoms with Gasteiger partial charge < -0.3 is 19.9 Å². The molecule has 2 heterocycles. The molecule has 0 spiro atoms. The van der Waals surface area contributed by atoms with Crippen LogP contribution in [0.4, 0.5) is 0 Å². The first-order valence-electron chi connectivity index (χ1n) is 7.46. The van der Waals surface area contributed by atoms with Gasteiger partial charge in [0.05, 0.1) is 7.11 Å². The minimum Gasteiger partial charge on any atom is -0.493 e. The molecule has 0 radical (unpaired) electrons. The first kappa shape index (κ1) is 14.5. The Bertz CT molecular complexity index is 530. The Kier molecular flexibility index (Phi) is 3.71. The van der Waals surface area contributed by atoms with Gasteiger partial charge in [-0.05, 0) is 36.1 Å². The maximum absolute atomic E-state index is 6.06. The second-order valence-electron chi connectivity index (χ2n) is 6.59. The van der Waals surface area contributed by atoms with Crippen molar-refractivity contribution >= 4 is 0 Å². The van der Waals surface area contributed by atoms with Gasteiger partial charge in [-0.15, -0.1) is 0 Å². The maximum atomic E-state index is 6.06. The molecule has 2 N–H and O–H groups in total. The van der Waals surface area contributed by atoms with Gasteiger partial charge in [-0.2, -0.15) is 0 Å². The monoisotopic (exact) mass is 292 g/mol. The van der Waals surface area contributed by atoms with E-state index in [4.69, 9.17) is 19.9 Å². The third-order valence-electron chi connectivity index (χ3n) is 4.44. The summed E-state index contributed by atoms with van der Waals surface area (Å²) in [5.41, 5.74) is 7.55. The maximum Gasteiger partial charge on any atom is 0.231 e. The fraction of sp³-hybridized carbons (Fsp3) is 0.625. The molecule has 21 heavy (non-hydrogen) atoms. The Balaban J connectivity index is 1.91. The lowest BCUT2D eigenvalue weighted by Gasteiger charge is -2.29. The molecule has 1 fully saturated rings. The van der Waals surface area contributed by atoms with Crippen LogP contribution >= 0.6 is 0 Å². The van der Waals surface area contributed by atoms with Gasteiger partial charge in [0.25, 0.3) is 0 Å². The zero-order valence-corrected chi connectivity index (χ0v) is 13.0. The molecule has 1 saturated heterocycles. The van der Waals surface area contributed by atoms with E-state index in [-0.39, 0.29) is 12.8 Å². The number of hydrogen-bond donors (Lipinski definition) is 1. The number of nitrogens with two attached hydrogens (primary N) is 1. The summed E-state index contributed by atoms with van der Waals surface area (Å²) in [5, 5.41) is 0. The van der Waals surface area contributed by atoms with Crippen LogP contribution in [0.25, 0.3) is 0 Å². The number of hydrogen-bond acceptors (Lipinski definition) is 5. The van der Waals surface area contributed by atoms with Crippen LogP contribution in [0.5, 0.6) is 17.2 Å². The molecule has 0 aromatic heterocycles. The van der Waals surface area contributed by atoms with Gasteiger partial charge in [-0.1, -0.05) is 13.8 Å². The summed E-state index contributed by atoms with van der Waals surface area (Å²) in [6, 6.07) is 4.25. The van der Waals surface area contributed by atoms with Gasteiger partial charge in [-0.25, -0.2) is 0 Å². The quantitative estimate of drug-likeness (QED) is 0.921. The zero-order chi connectivity index (χ0) is 15.0. The normalized spacial score (nSPS) is 21.5. The number of fused-ring (bicyclic) bond motifs is 1. The van der Waals surface area contributed by atoms with E-state index in [1.807, 2.05) is 12.1 Å². The molecule has 5 nitrogen and oxygen atoms in total. The number of benzene rings is 1. The van der Waals surface area contributed by atoms with Gasteiger partial charge in [0.15, 0.2) is 11.5 Å². The summed E-state index contributed by atoms with van der Waals surface area (Å²) in [6.07, 6.45) is 1.20. The Morgan fingerprint density at radius 1 is 1.38 bits per heavy atom. The summed E-state index contributed by atoms with van der Waals surface area (Å²) < 4.78 is 16.4. The highest BCUT2D eigenvalue weighted by molar-refractivity contribution is 5.55. The molecule has 1 aromatic carbocycles. The number of rotatable bonds is 4. The highest BCUT2D eigenvalue weighted by atomic mass is 16.7. The fourth-order valence-corrected chi connectivity index (χ4v) is 3.26. The van der Waals surface area contributed by atoms with Crippen molar-refractivity contribution in [1.29, 1.82) is 0 Å². The standard InChI is InChI=1S/C16H24N2O3/c1-16(2)4-5-18(9-16)12(8-17)11-6-13(19-3)15-14(7-11)20-10-21-15/h6-7,12H,4-5,8-10,17H2,1-3H3. The smallest absolute Gasteiger partial charge is 0.231 e. The molecule has 1 aromatic rings. The molecule has 0 aliphatic carbocycles. The first-order chi connectivity index (χ1) is 10.0. The van der Waals surface area contributed by atoms with Gasteiger partial charge in [0.1, 0.15) is 0 Å². The van der Waals surface area contributed by atoms with Gasteiger partial charge >= 0.3 is 0 Å². The minimum absolute atomic E-state index is 0.190. The molecule has 3 rings (SSSR count). The van der Waals surface area contributed by atoms with Crippen LogP contribution in [0.2, 0.25) is 0 Å². The molecule has 1 atom stereocenters. The van der Waals surface area contributed by atoms with Crippen molar-refractivity contribution in [2.45, 2.75) is 26.3 Å². The first-order valence-corrected chi connectivity index (χ1v) is 7.46. The van der Waals surface area contributed by atoms with Crippen molar-refractivity contribution in [2.24, 2.45) is 11.1 Å². The Hall–Kier alpha value is -1.46. The summed E-state index contributed by atoms with van der Waals surface area (Å²) in [6.45, 7) is 7.58. The van der Waals surface area contributed by atoms with Crippen LogP contribution in [-0.4, -0.2) is 38.4 Å². The van der Waals surface area contributed by atoms with Crippen molar-refractivity contribution in [3.8, 4) is 17.2 Å². The van der Waals surface area contributed by atoms with E-state index >= 15 is 0 Å². The van der Waals surface area contributed by atoms with Crippen LogP contribution in [0.3, 0.4) is 0 Å². The number of nitrogens with zero attached hydrogens (tertiary/aromatic N) is 1. The Morgan fingerprint density at radius 3 is 2.81 bits per heavy atom. The van der Waals surface area contributed by atoms with E-state index < -0.39 is 0 Å². The lowest BCUT2D eigenvalue weighted by Crippen LogP contribution is -2.33. The van der Waals surface area contributed by atoms with E-state index in [9.17, 15) is 0 Å². The Labute approximate surface area is 126 Å². The second kappa shape index (κ2) is 5.39. The van der Waals surface area contributed by atoms with Crippen molar-refractivity contribution in [1.82, 2.24) is 4.90 Å². The average Bonchev–Trinajstić information content (AvgIpc) is 3.05. The fourth-order valence-electron chi connectivity index (χ4n) is 3.26. The van der Waals surface area contributed by atoms with Crippen molar-refractivity contribution in [3.05, 3.63) is 17.7 Å². The van der Waals surface area contributed by atoms with Gasteiger partial charge in [0, 0.05) is 19.1 Å². The van der Waals surface area contributed by atoms with E-state index in [2.05, 4.69) is 18.7 Å². The second-order valence-corrected chi connectivity index (χ2v) is 6.59. The van der Waals surface area contributed by atoms with Crippen molar-refractivity contribution in [2.75, 3.05) is 33.5 Å². The van der Waals surface area contributed by atoms with Crippen LogP contribution in [0.15, 0.2) is 12.1 Å². The highest BCUT2D eigenvalue weighted by Crippen LogP contribution is 2.44. The third kappa shape index (κ3) is 2.68. The lowest BCUT2D eigenvalue weighted by atomic mass is 9.93. The average molecular weight is 292 g/mol. The summed E-state index contributed by atoms with van der Waals surface area (Å²) in [7, 11) is 1.65. The van der Waals surface area contributed by atoms with Crippen molar-refractivity contribution < 1.29 is 14.2 Å². The summed E-state index contributed by atoms with van der Waals surface area (Å²) >= 11 is 0. The summed E-state index contributed by atoms with van der Waals surface area (Å²) in [5.74, 6) is 2.16. The topological polar surface area (TPSA) is 57.0 Å². The largest absolute Gasteiger partial charge is 0.493 e. The van der Waals surface area contributed by atoms with Gasteiger partial charge in [0.2, 0.25) is 12.5 Å². The van der Waals surface area contributed by atoms with E-state index in [0.717, 1.165) is 30.2 Å². The van der Waals surface area contributed by atoms with E-state index in [0.29, 0.717) is 17.7 Å². The van der Waals surface area contributed by atoms with E-state index in [1.165, 1.54) is 6.42 Å². The molecule has 0 bridgehead atoms. The molecule has 1 unspecified atom stereocenters. The van der Waals surface area contributed by atoms with Crippen molar-refractivity contribution in [3.63, 3.8) is 0 Å². The SMILES string of the molecule is COc1cc(C(CN)N2CCC(C)(C)C2)cc2c1OCO2. The lowest BCUT2D eigenvalue weighted by molar-refractivity contribution is 0.171. The van der Waals surface area contributed by atoms with Crippen LogP contribution in [0, 0.1) is 5.41 Å². The molecule has 0 amide bonds. The van der Waals surface area contributed by atoms with Crippen LogP contribution in [0.1, 0.15) is 31.9 Å². The minimum atomic E-state index is 0.190. The predicted molar refractivity (Wildman–Crippen MR) is 80.9 cm³/mol. The van der Waals surface area contributed by atoms with Crippen LogP contribution in [-0.2, 0) is 0 Å². The third-order valence-corrected chi connectivity index (χ3v) is 4.44. The molecular formula is C16H24N2O3. The molecule has 2 aliphatic heterocycles. The molecule has 0 saturated carbocycles. The zero-order valence-electron chi connectivity index (χ0n) is 13.0. The number of likely N-dealkylation sites (tertiary alicyclic amines) is 1. The number of methoxy groups -OCH3 is 1. The van der Waals surface area contributed by atoms with Crippen LogP contribution < -0.4 is 19.9 Å². The number of ether oxygens (including phenoxy) is 3. The Morgan fingerprint density at radius 2 is 2.19 bits per heavy atom. The molecular weight excluding hydrogens is 268 g/mol. The van der Waals surface area contributed by atoms with Gasteiger partial charge in [-0.3, -0.25) is 4.90 Å². The highest BCUT2D eigenvalue weighted by Gasteiger charge is 2.34. The molecule has 116 valence electrons. The predicted octanol–water partition coefficient (Wildman–Crippen LogP) is 2.16. The molecule has 2 aliphatic rings. The molecule has 5 heteroatoms. The summed E-state index contributed by atoms with van der Waals surface area (Å²) in [4.78, 5) is 2.46.